The molecule has 0 bridgehead atoms. The number of hydrogen-bond donors (Lipinski definition) is 0. The first-order valence-electron chi connectivity index (χ1n) is 4.65. The lowest BCUT2D eigenvalue weighted by Crippen LogP contribution is -2.09. The van der Waals surface area contributed by atoms with Crippen molar-refractivity contribution < 1.29 is 0 Å². The molecule has 1 atom stereocenters. The molecule has 2 aromatic heterocycles. The molecule has 0 saturated carbocycles. The first-order valence-corrected chi connectivity index (χ1v) is 5.03. The molecule has 0 N–H and O–H groups in total. The number of imidazole rings is 1. The van der Waals surface area contributed by atoms with Gasteiger partial charge in [0.2, 0.25) is 0 Å². The molecule has 0 spiro atoms. The lowest BCUT2D eigenvalue weighted by atomic mass is 10.2. The highest BCUT2D eigenvalue weighted by atomic mass is 35.5. The van der Waals surface area contributed by atoms with Gasteiger partial charge in [0, 0.05) is 12.4 Å². The van der Waals surface area contributed by atoms with E-state index in [-0.39, 0.29) is 6.04 Å². The molecule has 2 heterocycles. The first kappa shape index (κ1) is 10.1. The Morgan fingerprint density at radius 3 is 2.60 bits per heavy atom. The van der Waals surface area contributed by atoms with Crippen LogP contribution >= 0.6 is 11.6 Å². The molecule has 0 unspecified atom stereocenters. The van der Waals surface area contributed by atoms with Crippen molar-refractivity contribution in [2.45, 2.75) is 19.9 Å². The number of aromatic nitrogens is 4. The van der Waals surface area contributed by atoms with Gasteiger partial charge in [-0.2, -0.15) is 0 Å². The van der Waals surface area contributed by atoms with Crippen LogP contribution in [0.25, 0.3) is 0 Å². The molecule has 5 heteroatoms. The zero-order chi connectivity index (χ0) is 10.8. The Balaban J connectivity index is 2.32. The fraction of sp³-hybridized carbons (Fsp3) is 0.300. The van der Waals surface area contributed by atoms with Crippen LogP contribution in [0.2, 0.25) is 5.15 Å². The van der Waals surface area contributed by atoms with Crippen molar-refractivity contribution in [1.29, 1.82) is 0 Å². The molecule has 78 valence electrons. The Bertz CT molecular complexity index is 449. The predicted octanol–water partition coefficient (Wildman–Crippen LogP) is 2.24. The Morgan fingerprint density at radius 1 is 1.27 bits per heavy atom. The lowest BCUT2D eigenvalue weighted by molar-refractivity contribution is 0.599. The van der Waals surface area contributed by atoms with Crippen LogP contribution in [-0.4, -0.2) is 19.5 Å². The highest BCUT2D eigenvalue weighted by molar-refractivity contribution is 6.29. The highest BCUT2D eigenvalue weighted by Crippen LogP contribution is 2.16. The van der Waals surface area contributed by atoms with E-state index in [0.717, 1.165) is 11.5 Å². The maximum atomic E-state index is 5.68. The molecule has 0 amide bonds. The van der Waals surface area contributed by atoms with Gasteiger partial charge >= 0.3 is 0 Å². The summed E-state index contributed by atoms with van der Waals surface area (Å²) in [5.41, 5.74) is 0.875. The smallest absolute Gasteiger partial charge is 0.147 e. The number of nitrogens with zero attached hydrogens (tertiary/aromatic N) is 4. The molecule has 0 aliphatic carbocycles. The number of halogens is 1. The van der Waals surface area contributed by atoms with E-state index in [1.54, 1.807) is 18.6 Å². The number of aryl methyl sites for hydroxylation is 1. The van der Waals surface area contributed by atoms with Crippen LogP contribution in [0.4, 0.5) is 0 Å². The minimum atomic E-state index is 0.122. The van der Waals surface area contributed by atoms with Crippen LogP contribution in [0.15, 0.2) is 24.8 Å². The van der Waals surface area contributed by atoms with Crippen LogP contribution in [0.1, 0.15) is 24.5 Å². The maximum absolute atomic E-state index is 5.68. The van der Waals surface area contributed by atoms with E-state index in [2.05, 4.69) is 15.0 Å². The summed E-state index contributed by atoms with van der Waals surface area (Å²) in [6, 6.07) is 0.122. The molecular weight excluding hydrogens is 212 g/mol. The van der Waals surface area contributed by atoms with Gasteiger partial charge in [0.25, 0.3) is 0 Å². The van der Waals surface area contributed by atoms with Gasteiger partial charge in [0.1, 0.15) is 11.0 Å². The zero-order valence-corrected chi connectivity index (χ0v) is 9.31. The highest BCUT2D eigenvalue weighted by Gasteiger charge is 2.10. The van der Waals surface area contributed by atoms with Gasteiger partial charge in [-0.15, -0.1) is 0 Å². The molecule has 2 aromatic rings. The normalized spacial score (nSPS) is 12.7. The second-order valence-corrected chi connectivity index (χ2v) is 3.71. The number of hydrogen-bond acceptors (Lipinski definition) is 3. The van der Waals surface area contributed by atoms with Gasteiger partial charge in [0.15, 0.2) is 0 Å². The fourth-order valence-corrected chi connectivity index (χ4v) is 1.58. The van der Waals surface area contributed by atoms with E-state index in [1.807, 2.05) is 24.6 Å². The largest absolute Gasteiger partial charge is 0.326 e. The van der Waals surface area contributed by atoms with Crippen LogP contribution in [0, 0.1) is 6.92 Å². The molecule has 0 aromatic carbocycles. The van der Waals surface area contributed by atoms with Crippen LogP contribution in [0.3, 0.4) is 0 Å². The Hall–Kier alpha value is -1.42. The van der Waals surface area contributed by atoms with Gasteiger partial charge in [0.05, 0.1) is 24.1 Å². The third kappa shape index (κ3) is 1.99. The van der Waals surface area contributed by atoms with E-state index in [1.165, 1.54) is 0 Å². The van der Waals surface area contributed by atoms with E-state index < -0.39 is 0 Å². The van der Waals surface area contributed by atoms with Crippen molar-refractivity contribution in [2.24, 2.45) is 0 Å². The van der Waals surface area contributed by atoms with Crippen molar-refractivity contribution in [3.8, 4) is 0 Å². The van der Waals surface area contributed by atoms with Gasteiger partial charge < -0.3 is 4.57 Å². The maximum Gasteiger partial charge on any atom is 0.147 e. The van der Waals surface area contributed by atoms with Crippen LogP contribution in [0.5, 0.6) is 0 Å². The van der Waals surface area contributed by atoms with Crippen molar-refractivity contribution in [3.63, 3.8) is 0 Å². The third-order valence-electron chi connectivity index (χ3n) is 2.35. The standard InChI is InChI=1S/C10H11ClN4/c1-7(15-4-3-12-8(15)2)9-5-14-10(11)6-13-9/h3-7H,1-2H3/t7-/m0/s1. The summed E-state index contributed by atoms with van der Waals surface area (Å²) >= 11 is 5.68. The van der Waals surface area contributed by atoms with Gasteiger partial charge in [-0.3, -0.25) is 4.98 Å². The molecule has 0 aliphatic heterocycles. The summed E-state index contributed by atoms with van der Waals surface area (Å²) in [6.07, 6.45) is 6.94. The predicted molar refractivity (Wildman–Crippen MR) is 57.8 cm³/mol. The SMILES string of the molecule is Cc1nccn1[C@@H](C)c1cnc(Cl)cn1. The molecule has 0 saturated heterocycles. The van der Waals surface area contributed by atoms with Crippen molar-refractivity contribution in [3.05, 3.63) is 41.5 Å². The van der Waals surface area contributed by atoms with Crippen molar-refractivity contribution in [2.75, 3.05) is 0 Å². The Kier molecular flexibility index (Phi) is 2.68. The van der Waals surface area contributed by atoms with E-state index in [4.69, 9.17) is 11.6 Å². The topological polar surface area (TPSA) is 43.6 Å². The summed E-state index contributed by atoms with van der Waals surface area (Å²) in [5.74, 6) is 0.958. The Morgan fingerprint density at radius 2 is 2.07 bits per heavy atom. The molecule has 4 nitrogen and oxygen atoms in total. The van der Waals surface area contributed by atoms with Crippen molar-refractivity contribution >= 4 is 11.6 Å². The minimum absolute atomic E-state index is 0.122. The second kappa shape index (κ2) is 3.98. The summed E-state index contributed by atoms with van der Waals surface area (Å²) < 4.78 is 2.04. The minimum Gasteiger partial charge on any atom is -0.326 e. The molecule has 15 heavy (non-hydrogen) atoms. The first-order chi connectivity index (χ1) is 7.18. The monoisotopic (exact) mass is 222 g/mol. The summed E-state index contributed by atoms with van der Waals surface area (Å²) in [5, 5.41) is 0.410. The molecular formula is C10H11ClN4. The van der Waals surface area contributed by atoms with Crippen LogP contribution < -0.4 is 0 Å². The lowest BCUT2D eigenvalue weighted by Gasteiger charge is -2.13. The molecule has 0 fully saturated rings. The quantitative estimate of drug-likeness (QED) is 0.783. The van der Waals surface area contributed by atoms with Gasteiger partial charge in [-0.05, 0) is 13.8 Å². The average Bonchev–Trinajstić information content (AvgIpc) is 2.65. The van der Waals surface area contributed by atoms with Gasteiger partial charge in [-0.25, -0.2) is 9.97 Å². The molecule has 0 aliphatic rings. The Labute approximate surface area is 93.0 Å². The van der Waals surface area contributed by atoms with E-state index in [9.17, 15) is 0 Å². The van der Waals surface area contributed by atoms with Crippen molar-refractivity contribution in [1.82, 2.24) is 19.5 Å². The number of rotatable bonds is 2. The van der Waals surface area contributed by atoms with E-state index >= 15 is 0 Å². The molecule has 0 radical (unpaired) electrons. The summed E-state index contributed by atoms with van der Waals surface area (Å²) in [6.45, 7) is 4.01. The fourth-order valence-electron chi connectivity index (χ4n) is 1.48. The third-order valence-corrected chi connectivity index (χ3v) is 2.54. The van der Waals surface area contributed by atoms with E-state index in [0.29, 0.717) is 5.15 Å². The zero-order valence-electron chi connectivity index (χ0n) is 8.55. The summed E-state index contributed by atoms with van der Waals surface area (Å²) in [4.78, 5) is 12.4. The second-order valence-electron chi connectivity index (χ2n) is 3.32. The summed E-state index contributed by atoms with van der Waals surface area (Å²) in [7, 11) is 0. The van der Waals surface area contributed by atoms with Gasteiger partial charge in [-0.1, -0.05) is 11.6 Å². The van der Waals surface area contributed by atoms with Crippen LogP contribution in [-0.2, 0) is 0 Å². The average molecular weight is 223 g/mol. The molecule has 2 rings (SSSR count).